The summed E-state index contributed by atoms with van der Waals surface area (Å²) in [5.74, 6) is 0.0394. The number of thiazole rings is 1. The number of carbonyl (C=O) groups excluding carboxylic acids is 1. The Bertz CT molecular complexity index is 1230. The van der Waals surface area contributed by atoms with E-state index in [0.717, 1.165) is 29.7 Å². The van der Waals surface area contributed by atoms with Crippen molar-refractivity contribution in [3.05, 3.63) is 64.5 Å². The summed E-state index contributed by atoms with van der Waals surface area (Å²) < 4.78 is 27.4. The lowest BCUT2D eigenvalue weighted by Crippen LogP contribution is -2.39. The quantitative estimate of drug-likeness (QED) is 0.564. The second kappa shape index (κ2) is 9.13. The van der Waals surface area contributed by atoms with E-state index >= 15 is 0 Å². The van der Waals surface area contributed by atoms with Crippen LogP contribution in [-0.2, 0) is 10.0 Å². The molecule has 0 bridgehead atoms. The molecule has 4 rings (SSSR count). The van der Waals surface area contributed by atoms with Crippen molar-refractivity contribution >= 4 is 32.4 Å². The minimum atomic E-state index is -3.54. The minimum Gasteiger partial charge on any atom is -0.298 e. The summed E-state index contributed by atoms with van der Waals surface area (Å²) in [5, 5.41) is 5.24. The molecule has 1 aliphatic rings. The maximum Gasteiger partial charge on any atom is 0.257 e. The summed E-state index contributed by atoms with van der Waals surface area (Å²) in [5.41, 5.74) is 4.57. The Morgan fingerprint density at radius 1 is 1.16 bits per heavy atom. The Balaban J connectivity index is 1.46. The zero-order valence-corrected chi connectivity index (χ0v) is 20.1. The lowest BCUT2D eigenvalue weighted by atomic mass is 10.0. The molecule has 6 nitrogen and oxygen atoms in total. The zero-order valence-electron chi connectivity index (χ0n) is 18.5. The molecule has 1 aromatic heterocycles. The van der Waals surface area contributed by atoms with Crippen molar-refractivity contribution in [2.75, 3.05) is 18.4 Å². The highest BCUT2D eigenvalue weighted by Gasteiger charge is 2.28. The molecular formula is C24H27N3O3S2. The number of amides is 1. The number of aryl methyl sites for hydroxylation is 2. The van der Waals surface area contributed by atoms with Crippen LogP contribution in [-0.4, -0.2) is 36.7 Å². The Labute approximate surface area is 193 Å². The molecule has 1 amide bonds. The number of aromatic nitrogens is 1. The molecule has 1 N–H and O–H groups in total. The predicted molar refractivity (Wildman–Crippen MR) is 129 cm³/mol. The SMILES string of the molecule is Cc1ccc(-c2csc(NC(=O)c3ccc(S(=O)(=O)N4CCCC(C)C4)cc3)n2)c(C)c1. The van der Waals surface area contributed by atoms with E-state index in [9.17, 15) is 13.2 Å². The third-order valence-electron chi connectivity index (χ3n) is 5.76. The number of carbonyl (C=O) groups is 1. The van der Waals surface area contributed by atoms with Gasteiger partial charge in [0.25, 0.3) is 5.91 Å². The van der Waals surface area contributed by atoms with Gasteiger partial charge >= 0.3 is 0 Å². The van der Waals surface area contributed by atoms with Gasteiger partial charge in [0.1, 0.15) is 0 Å². The van der Waals surface area contributed by atoms with E-state index in [1.807, 2.05) is 31.4 Å². The number of benzene rings is 2. The first-order chi connectivity index (χ1) is 15.2. The van der Waals surface area contributed by atoms with Gasteiger partial charge in [0.05, 0.1) is 10.6 Å². The fraction of sp³-hybridized carbons (Fsp3) is 0.333. The average Bonchev–Trinajstić information content (AvgIpc) is 3.22. The smallest absolute Gasteiger partial charge is 0.257 e. The fourth-order valence-corrected chi connectivity index (χ4v) is 6.32. The summed E-state index contributed by atoms with van der Waals surface area (Å²) >= 11 is 1.36. The normalized spacial score (nSPS) is 17.3. The monoisotopic (exact) mass is 469 g/mol. The number of sulfonamides is 1. The molecule has 1 saturated heterocycles. The maximum absolute atomic E-state index is 12.9. The van der Waals surface area contributed by atoms with E-state index in [4.69, 9.17) is 0 Å². The Morgan fingerprint density at radius 2 is 1.91 bits per heavy atom. The van der Waals surface area contributed by atoms with Crippen LogP contribution in [0.5, 0.6) is 0 Å². The number of nitrogens with zero attached hydrogens (tertiary/aromatic N) is 2. The van der Waals surface area contributed by atoms with Crippen LogP contribution in [0.25, 0.3) is 11.3 Å². The van der Waals surface area contributed by atoms with Crippen molar-refractivity contribution in [3.63, 3.8) is 0 Å². The van der Waals surface area contributed by atoms with E-state index in [0.29, 0.717) is 29.7 Å². The molecule has 0 saturated carbocycles. The Morgan fingerprint density at radius 3 is 2.59 bits per heavy atom. The molecule has 2 heterocycles. The first-order valence-corrected chi connectivity index (χ1v) is 13.0. The average molecular weight is 470 g/mol. The summed E-state index contributed by atoms with van der Waals surface area (Å²) in [7, 11) is -3.54. The van der Waals surface area contributed by atoms with Crippen LogP contribution in [0, 0.1) is 19.8 Å². The molecule has 3 aromatic rings. The van der Waals surface area contributed by atoms with Crippen LogP contribution in [0.2, 0.25) is 0 Å². The molecule has 1 fully saturated rings. The summed E-state index contributed by atoms with van der Waals surface area (Å²) in [4.78, 5) is 17.4. The molecule has 0 spiro atoms. The fourth-order valence-electron chi connectivity index (χ4n) is 4.02. The van der Waals surface area contributed by atoms with Gasteiger partial charge in [-0.15, -0.1) is 11.3 Å². The van der Waals surface area contributed by atoms with Crippen LogP contribution in [0.3, 0.4) is 0 Å². The van der Waals surface area contributed by atoms with Crippen molar-refractivity contribution in [2.45, 2.75) is 38.5 Å². The second-order valence-corrected chi connectivity index (χ2v) is 11.2. The van der Waals surface area contributed by atoms with E-state index in [1.165, 1.54) is 29.0 Å². The second-order valence-electron chi connectivity index (χ2n) is 8.45. The zero-order chi connectivity index (χ0) is 22.9. The van der Waals surface area contributed by atoms with Gasteiger partial charge in [-0.1, -0.05) is 30.7 Å². The van der Waals surface area contributed by atoms with Crippen LogP contribution < -0.4 is 5.32 Å². The van der Waals surface area contributed by atoms with Gasteiger partial charge in [-0.05, 0) is 62.4 Å². The van der Waals surface area contributed by atoms with Gasteiger partial charge < -0.3 is 0 Å². The van der Waals surface area contributed by atoms with Crippen molar-refractivity contribution in [1.82, 2.24) is 9.29 Å². The van der Waals surface area contributed by atoms with Gasteiger partial charge in [0, 0.05) is 29.6 Å². The molecule has 1 aliphatic heterocycles. The molecule has 1 atom stereocenters. The predicted octanol–water partition coefficient (Wildman–Crippen LogP) is 5.10. The van der Waals surface area contributed by atoms with E-state index < -0.39 is 10.0 Å². The minimum absolute atomic E-state index is 0.217. The summed E-state index contributed by atoms with van der Waals surface area (Å²) in [6.07, 6.45) is 1.92. The topological polar surface area (TPSA) is 79.4 Å². The number of rotatable bonds is 5. The standard InChI is InChI=1S/C24H27N3O3S2/c1-16-6-11-21(18(3)13-16)22-15-31-24(25-22)26-23(28)19-7-9-20(10-8-19)32(29,30)27-12-4-5-17(2)14-27/h6-11,13,15,17H,4-5,12,14H2,1-3H3,(H,25,26,28). The number of piperidine rings is 1. The molecule has 0 radical (unpaired) electrons. The van der Waals surface area contributed by atoms with Crippen molar-refractivity contribution in [3.8, 4) is 11.3 Å². The largest absolute Gasteiger partial charge is 0.298 e. The molecular weight excluding hydrogens is 442 g/mol. The van der Waals surface area contributed by atoms with E-state index in [-0.39, 0.29) is 10.8 Å². The highest BCUT2D eigenvalue weighted by molar-refractivity contribution is 7.89. The van der Waals surface area contributed by atoms with Crippen molar-refractivity contribution in [2.24, 2.45) is 5.92 Å². The van der Waals surface area contributed by atoms with Gasteiger partial charge in [-0.3, -0.25) is 10.1 Å². The summed E-state index contributed by atoms with van der Waals surface area (Å²) in [6.45, 7) is 7.24. The Hall–Kier alpha value is -2.55. The lowest BCUT2D eigenvalue weighted by Gasteiger charge is -2.30. The van der Waals surface area contributed by atoms with Crippen molar-refractivity contribution in [1.29, 1.82) is 0 Å². The van der Waals surface area contributed by atoms with Crippen molar-refractivity contribution < 1.29 is 13.2 Å². The number of anilines is 1. The molecule has 0 aliphatic carbocycles. The molecule has 2 aromatic carbocycles. The maximum atomic E-state index is 12.9. The third kappa shape index (κ3) is 4.77. The number of hydrogen-bond donors (Lipinski definition) is 1. The van der Waals surface area contributed by atoms with Crippen LogP contribution in [0.4, 0.5) is 5.13 Å². The first kappa shape index (κ1) is 22.6. The van der Waals surface area contributed by atoms with Gasteiger partial charge in [-0.25, -0.2) is 13.4 Å². The van der Waals surface area contributed by atoms with Gasteiger partial charge in [0.15, 0.2) is 5.13 Å². The van der Waals surface area contributed by atoms with Gasteiger partial charge in [-0.2, -0.15) is 4.31 Å². The summed E-state index contributed by atoms with van der Waals surface area (Å²) in [6, 6.07) is 12.3. The molecule has 1 unspecified atom stereocenters. The van der Waals surface area contributed by atoms with Crippen LogP contribution in [0.1, 0.15) is 41.3 Å². The Kier molecular flexibility index (Phi) is 6.46. The lowest BCUT2D eigenvalue weighted by molar-refractivity contribution is 0.102. The molecule has 168 valence electrons. The third-order valence-corrected chi connectivity index (χ3v) is 8.39. The number of hydrogen-bond acceptors (Lipinski definition) is 5. The van der Waals surface area contributed by atoms with E-state index in [2.05, 4.69) is 23.3 Å². The first-order valence-electron chi connectivity index (χ1n) is 10.7. The van der Waals surface area contributed by atoms with Crippen LogP contribution >= 0.6 is 11.3 Å². The van der Waals surface area contributed by atoms with E-state index in [1.54, 1.807) is 16.4 Å². The molecule has 32 heavy (non-hydrogen) atoms. The van der Waals surface area contributed by atoms with Gasteiger partial charge in [0.2, 0.25) is 10.0 Å². The van der Waals surface area contributed by atoms with Crippen LogP contribution in [0.15, 0.2) is 52.7 Å². The highest BCUT2D eigenvalue weighted by atomic mass is 32.2. The molecule has 8 heteroatoms. The number of nitrogens with one attached hydrogen (secondary N) is 1. The highest BCUT2D eigenvalue weighted by Crippen LogP contribution is 2.28.